The first-order valence-electron chi connectivity index (χ1n) is 10.1. The second-order valence-electron chi connectivity index (χ2n) is 7.22. The highest BCUT2D eigenvalue weighted by atomic mass is 16.6. The lowest BCUT2D eigenvalue weighted by Crippen LogP contribution is -2.30. The molecule has 0 bridgehead atoms. The molecular formula is C22H23N3O7. The van der Waals surface area contributed by atoms with Crippen molar-refractivity contribution in [1.29, 1.82) is 0 Å². The van der Waals surface area contributed by atoms with E-state index in [1.807, 2.05) is 31.2 Å². The Morgan fingerprint density at radius 1 is 1.22 bits per heavy atom. The minimum absolute atomic E-state index is 0.00256. The van der Waals surface area contributed by atoms with Gasteiger partial charge in [-0.3, -0.25) is 24.3 Å². The minimum Gasteiger partial charge on any atom is -0.456 e. The van der Waals surface area contributed by atoms with E-state index in [1.54, 1.807) is 0 Å². The molecule has 0 aliphatic rings. The van der Waals surface area contributed by atoms with Gasteiger partial charge in [0.05, 0.1) is 16.5 Å². The van der Waals surface area contributed by atoms with Gasteiger partial charge in [0.1, 0.15) is 0 Å². The Hall–Kier alpha value is -3.95. The first-order chi connectivity index (χ1) is 15.3. The van der Waals surface area contributed by atoms with E-state index >= 15 is 0 Å². The summed E-state index contributed by atoms with van der Waals surface area (Å²) in [6, 6.07) is 11.8. The summed E-state index contributed by atoms with van der Waals surface area (Å²) in [7, 11) is 0. The number of hydrogen-bond donors (Lipinski definition) is 1. The zero-order valence-electron chi connectivity index (χ0n) is 17.5. The second kappa shape index (κ2) is 10.4. The monoisotopic (exact) mass is 441 g/mol. The molecule has 0 saturated carbocycles. The second-order valence-corrected chi connectivity index (χ2v) is 7.22. The average molecular weight is 441 g/mol. The molecular weight excluding hydrogens is 418 g/mol. The molecule has 32 heavy (non-hydrogen) atoms. The van der Waals surface area contributed by atoms with Crippen molar-refractivity contribution >= 4 is 28.7 Å². The SMILES string of the molecule is Cc1ccccc1CCNC(=O)COC(=O)CCCn1c(=O)oc2cc([N+](=O)[O-])ccc21. The van der Waals surface area contributed by atoms with Gasteiger partial charge in [-0.25, -0.2) is 4.79 Å². The predicted octanol–water partition coefficient (Wildman–Crippen LogP) is 2.49. The number of nitro benzene ring substituents is 1. The predicted molar refractivity (Wildman–Crippen MR) is 115 cm³/mol. The van der Waals surface area contributed by atoms with Crippen molar-refractivity contribution in [2.24, 2.45) is 0 Å². The Kier molecular flexibility index (Phi) is 7.37. The number of nitrogens with one attached hydrogen (secondary N) is 1. The lowest BCUT2D eigenvalue weighted by molar-refractivity contribution is -0.384. The van der Waals surface area contributed by atoms with Crippen LogP contribution in [0.25, 0.3) is 11.1 Å². The van der Waals surface area contributed by atoms with Crippen LogP contribution >= 0.6 is 0 Å². The summed E-state index contributed by atoms with van der Waals surface area (Å²) in [5.41, 5.74) is 2.62. The molecule has 168 valence electrons. The van der Waals surface area contributed by atoms with Gasteiger partial charge in [0.15, 0.2) is 12.2 Å². The number of non-ortho nitro benzene ring substituents is 1. The third-order valence-corrected chi connectivity index (χ3v) is 4.97. The molecule has 2 aromatic carbocycles. The molecule has 10 nitrogen and oxygen atoms in total. The normalized spacial score (nSPS) is 10.8. The molecule has 0 aliphatic carbocycles. The number of fused-ring (bicyclic) bond motifs is 1. The van der Waals surface area contributed by atoms with Gasteiger partial charge >= 0.3 is 11.7 Å². The van der Waals surface area contributed by atoms with Crippen LogP contribution in [-0.2, 0) is 27.3 Å². The van der Waals surface area contributed by atoms with Gasteiger partial charge in [-0.2, -0.15) is 0 Å². The first kappa shape index (κ1) is 22.7. The molecule has 0 radical (unpaired) electrons. The lowest BCUT2D eigenvalue weighted by Gasteiger charge is -2.08. The number of nitro groups is 1. The van der Waals surface area contributed by atoms with Crippen LogP contribution in [0.2, 0.25) is 0 Å². The maximum absolute atomic E-state index is 12.0. The number of hydrogen-bond acceptors (Lipinski definition) is 7. The first-order valence-corrected chi connectivity index (χ1v) is 10.1. The van der Waals surface area contributed by atoms with Crippen LogP contribution in [0.4, 0.5) is 5.69 Å². The zero-order chi connectivity index (χ0) is 23.1. The van der Waals surface area contributed by atoms with Crippen molar-refractivity contribution < 1.29 is 23.7 Å². The molecule has 1 N–H and O–H groups in total. The number of oxazole rings is 1. The van der Waals surface area contributed by atoms with Crippen molar-refractivity contribution in [2.45, 2.75) is 32.7 Å². The highest BCUT2D eigenvalue weighted by Crippen LogP contribution is 2.20. The summed E-state index contributed by atoms with van der Waals surface area (Å²) < 4.78 is 11.3. The Bertz CT molecular complexity index is 1200. The van der Waals surface area contributed by atoms with Gasteiger partial charge < -0.3 is 14.5 Å². The number of amides is 1. The molecule has 0 aliphatic heterocycles. The number of aromatic nitrogens is 1. The van der Waals surface area contributed by atoms with Crippen LogP contribution in [0.15, 0.2) is 51.7 Å². The molecule has 0 atom stereocenters. The fraction of sp³-hybridized carbons (Fsp3) is 0.318. The third-order valence-electron chi connectivity index (χ3n) is 4.97. The number of benzene rings is 2. The molecule has 1 aromatic heterocycles. The number of rotatable bonds is 10. The van der Waals surface area contributed by atoms with Crippen LogP contribution in [0.5, 0.6) is 0 Å². The highest BCUT2D eigenvalue weighted by molar-refractivity contribution is 5.80. The Balaban J connectivity index is 1.40. The molecule has 0 spiro atoms. The van der Waals surface area contributed by atoms with E-state index in [0.717, 1.165) is 11.1 Å². The Morgan fingerprint density at radius 3 is 2.75 bits per heavy atom. The fourth-order valence-corrected chi connectivity index (χ4v) is 3.26. The molecule has 3 rings (SSSR count). The summed E-state index contributed by atoms with van der Waals surface area (Å²) >= 11 is 0. The minimum atomic E-state index is -0.665. The average Bonchev–Trinajstić information content (AvgIpc) is 3.08. The van der Waals surface area contributed by atoms with E-state index in [2.05, 4.69) is 5.32 Å². The summed E-state index contributed by atoms with van der Waals surface area (Å²) in [5, 5.41) is 13.5. The third kappa shape index (κ3) is 5.81. The number of esters is 1. The van der Waals surface area contributed by atoms with Crippen LogP contribution in [0.3, 0.4) is 0 Å². The number of nitrogens with zero attached hydrogens (tertiary/aromatic N) is 2. The number of carbonyl (C=O) groups is 2. The zero-order valence-corrected chi connectivity index (χ0v) is 17.5. The maximum atomic E-state index is 12.0. The van der Waals surface area contributed by atoms with Gasteiger partial charge in [-0.1, -0.05) is 24.3 Å². The lowest BCUT2D eigenvalue weighted by atomic mass is 10.1. The summed E-state index contributed by atoms with van der Waals surface area (Å²) in [6.45, 7) is 2.24. The standard InChI is InChI=1S/C22H23N3O7/c1-15-5-2-3-6-16(15)10-11-23-20(26)14-31-21(27)7-4-12-24-18-9-8-17(25(29)30)13-19(18)32-22(24)28/h2-3,5-6,8-9,13H,4,7,10-12,14H2,1H3,(H,23,26). The van der Waals surface area contributed by atoms with Crippen LogP contribution < -0.4 is 11.1 Å². The van der Waals surface area contributed by atoms with E-state index in [9.17, 15) is 24.5 Å². The van der Waals surface area contributed by atoms with E-state index in [-0.39, 0.29) is 43.2 Å². The van der Waals surface area contributed by atoms with Gasteiger partial charge in [-0.15, -0.1) is 0 Å². The Morgan fingerprint density at radius 2 is 2.00 bits per heavy atom. The molecule has 3 aromatic rings. The molecule has 0 unspecified atom stereocenters. The van der Waals surface area contributed by atoms with Crippen molar-refractivity contribution in [3.63, 3.8) is 0 Å². The van der Waals surface area contributed by atoms with Gasteiger partial charge in [-0.05, 0) is 37.0 Å². The molecule has 10 heteroatoms. The van der Waals surface area contributed by atoms with Crippen molar-refractivity contribution in [1.82, 2.24) is 9.88 Å². The van der Waals surface area contributed by atoms with Crippen LogP contribution in [-0.4, -0.2) is 34.5 Å². The van der Waals surface area contributed by atoms with E-state index in [1.165, 1.54) is 22.8 Å². The number of carbonyl (C=O) groups excluding carboxylic acids is 2. The summed E-state index contributed by atoms with van der Waals surface area (Å²) in [4.78, 5) is 46.0. The van der Waals surface area contributed by atoms with Crippen LogP contribution in [0, 0.1) is 17.0 Å². The fourth-order valence-electron chi connectivity index (χ4n) is 3.26. The highest BCUT2D eigenvalue weighted by Gasteiger charge is 2.15. The molecule has 1 amide bonds. The Labute approximate surface area is 182 Å². The maximum Gasteiger partial charge on any atom is 0.419 e. The summed E-state index contributed by atoms with van der Waals surface area (Å²) in [5.74, 6) is -1.61. The molecule has 0 saturated heterocycles. The molecule has 0 fully saturated rings. The van der Waals surface area contributed by atoms with Crippen molar-refractivity contribution in [2.75, 3.05) is 13.2 Å². The van der Waals surface area contributed by atoms with Crippen molar-refractivity contribution in [3.05, 3.63) is 74.3 Å². The van der Waals surface area contributed by atoms with Gasteiger partial charge in [0, 0.05) is 25.6 Å². The number of ether oxygens (including phenoxy) is 1. The summed E-state index contributed by atoms with van der Waals surface area (Å²) in [6.07, 6.45) is 0.963. The largest absolute Gasteiger partial charge is 0.456 e. The number of aryl methyl sites for hydroxylation is 2. The topological polar surface area (TPSA) is 134 Å². The van der Waals surface area contributed by atoms with Crippen molar-refractivity contribution in [3.8, 4) is 0 Å². The van der Waals surface area contributed by atoms with Gasteiger partial charge in [0.25, 0.3) is 11.6 Å². The van der Waals surface area contributed by atoms with E-state index in [4.69, 9.17) is 9.15 Å². The van der Waals surface area contributed by atoms with Crippen LogP contribution in [0.1, 0.15) is 24.0 Å². The van der Waals surface area contributed by atoms with E-state index in [0.29, 0.717) is 18.5 Å². The smallest absolute Gasteiger partial charge is 0.419 e. The van der Waals surface area contributed by atoms with E-state index < -0.39 is 16.6 Å². The molecule has 1 heterocycles. The quantitative estimate of drug-likeness (QED) is 0.290. The van der Waals surface area contributed by atoms with Gasteiger partial charge in [0.2, 0.25) is 0 Å².